The topological polar surface area (TPSA) is 48.2 Å². The summed E-state index contributed by atoms with van der Waals surface area (Å²) >= 11 is 3.35. The first-order valence-corrected chi connectivity index (χ1v) is 6.97. The molecule has 3 rings (SSSR count). The van der Waals surface area contributed by atoms with Crippen molar-refractivity contribution in [2.75, 3.05) is 0 Å². The molecule has 0 atom stereocenters. The van der Waals surface area contributed by atoms with Crippen LogP contribution in [0.2, 0.25) is 0 Å². The zero-order chi connectivity index (χ0) is 14.7. The Hall–Kier alpha value is -2.21. The SMILES string of the molecule is Fc1ccc(-c2noc(COc3ccc(Br)cc3)n2)cc1. The van der Waals surface area contributed by atoms with Crippen molar-refractivity contribution in [1.82, 2.24) is 10.1 Å². The Morgan fingerprint density at radius 2 is 1.76 bits per heavy atom. The second kappa shape index (κ2) is 6.05. The lowest BCUT2D eigenvalue weighted by molar-refractivity contribution is 0.243. The summed E-state index contributed by atoms with van der Waals surface area (Å²) in [6.07, 6.45) is 0. The number of nitrogens with zero attached hydrogens (tertiary/aromatic N) is 2. The predicted octanol–water partition coefficient (Wildman–Crippen LogP) is 4.22. The van der Waals surface area contributed by atoms with E-state index >= 15 is 0 Å². The largest absolute Gasteiger partial charge is 0.484 e. The van der Waals surface area contributed by atoms with Gasteiger partial charge in [-0.3, -0.25) is 0 Å². The van der Waals surface area contributed by atoms with E-state index in [0.29, 0.717) is 23.0 Å². The van der Waals surface area contributed by atoms with E-state index in [1.54, 1.807) is 12.1 Å². The Balaban J connectivity index is 1.67. The van der Waals surface area contributed by atoms with Gasteiger partial charge in [0.05, 0.1) is 0 Å². The molecule has 0 unspecified atom stereocenters. The van der Waals surface area contributed by atoms with Crippen LogP contribution in [0.5, 0.6) is 5.75 Å². The van der Waals surface area contributed by atoms with Gasteiger partial charge < -0.3 is 9.26 Å². The smallest absolute Gasteiger partial charge is 0.264 e. The summed E-state index contributed by atoms with van der Waals surface area (Å²) in [6, 6.07) is 13.3. The predicted molar refractivity (Wildman–Crippen MR) is 78.2 cm³/mol. The quantitative estimate of drug-likeness (QED) is 0.708. The van der Waals surface area contributed by atoms with Gasteiger partial charge in [-0.05, 0) is 48.5 Å². The second-order valence-corrected chi connectivity index (χ2v) is 5.18. The van der Waals surface area contributed by atoms with Crippen LogP contribution in [0.4, 0.5) is 4.39 Å². The van der Waals surface area contributed by atoms with E-state index in [1.807, 2.05) is 24.3 Å². The molecule has 0 aliphatic carbocycles. The lowest BCUT2D eigenvalue weighted by Crippen LogP contribution is -1.95. The van der Waals surface area contributed by atoms with Crippen LogP contribution in [-0.2, 0) is 6.61 Å². The number of aromatic nitrogens is 2. The van der Waals surface area contributed by atoms with Gasteiger partial charge >= 0.3 is 0 Å². The molecule has 1 aromatic heterocycles. The van der Waals surface area contributed by atoms with Gasteiger partial charge in [-0.15, -0.1) is 0 Å². The van der Waals surface area contributed by atoms with Gasteiger partial charge in [0.25, 0.3) is 5.89 Å². The zero-order valence-electron chi connectivity index (χ0n) is 10.8. The van der Waals surface area contributed by atoms with Gasteiger partial charge in [0.2, 0.25) is 5.82 Å². The van der Waals surface area contributed by atoms with Gasteiger partial charge in [-0.2, -0.15) is 4.98 Å². The average molecular weight is 349 g/mol. The highest BCUT2D eigenvalue weighted by atomic mass is 79.9. The van der Waals surface area contributed by atoms with Gasteiger partial charge in [0.15, 0.2) is 6.61 Å². The molecule has 6 heteroatoms. The Kier molecular flexibility index (Phi) is 3.96. The third-order valence-corrected chi connectivity index (χ3v) is 3.28. The van der Waals surface area contributed by atoms with E-state index in [4.69, 9.17) is 9.26 Å². The normalized spacial score (nSPS) is 10.6. The van der Waals surface area contributed by atoms with Crippen molar-refractivity contribution in [1.29, 1.82) is 0 Å². The van der Waals surface area contributed by atoms with Crippen LogP contribution in [0.1, 0.15) is 5.89 Å². The van der Waals surface area contributed by atoms with Crippen molar-refractivity contribution in [3.63, 3.8) is 0 Å². The molecule has 106 valence electrons. The maximum Gasteiger partial charge on any atom is 0.264 e. The summed E-state index contributed by atoms with van der Waals surface area (Å²) in [6.45, 7) is 0.176. The average Bonchev–Trinajstić information content (AvgIpc) is 2.96. The fourth-order valence-electron chi connectivity index (χ4n) is 1.71. The summed E-state index contributed by atoms with van der Waals surface area (Å²) in [5, 5.41) is 3.85. The molecule has 0 radical (unpaired) electrons. The number of rotatable bonds is 4. The third kappa shape index (κ3) is 3.46. The lowest BCUT2D eigenvalue weighted by atomic mass is 10.2. The molecule has 0 amide bonds. The molecule has 0 saturated heterocycles. The van der Waals surface area contributed by atoms with Gasteiger partial charge in [-0.25, -0.2) is 4.39 Å². The van der Waals surface area contributed by atoms with E-state index in [2.05, 4.69) is 26.1 Å². The maximum atomic E-state index is 12.9. The van der Waals surface area contributed by atoms with Crippen LogP contribution in [0, 0.1) is 5.82 Å². The molecule has 0 spiro atoms. The van der Waals surface area contributed by atoms with Crippen molar-refractivity contribution in [2.45, 2.75) is 6.61 Å². The third-order valence-electron chi connectivity index (χ3n) is 2.75. The van der Waals surface area contributed by atoms with E-state index in [-0.39, 0.29) is 12.4 Å². The van der Waals surface area contributed by atoms with Crippen LogP contribution >= 0.6 is 15.9 Å². The maximum absolute atomic E-state index is 12.9. The van der Waals surface area contributed by atoms with Crippen LogP contribution in [0.3, 0.4) is 0 Å². The molecule has 0 aliphatic heterocycles. The first-order valence-electron chi connectivity index (χ1n) is 6.17. The summed E-state index contributed by atoms with van der Waals surface area (Å²) < 4.78 is 24.5. The lowest BCUT2D eigenvalue weighted by Gasteiger charge is -2.02. The number of ether oxygens (including phenoxy) is 1. The van der Waals surface area contributed by atoms with Crippen LogP contribution < -0.4 is 4.74 Å². The molecule has 0 fully saturated rings. The standard InChI is InChI=1S/C15H10BrFN2O2/c16-11-3-7-13(8-4-11)20-9-14-18-15(19-21-14)10-1-5-12(17)6-2-10/h1-8H,9H2. The molecule has 0 saturated carbocycles. The van der Waals surface area contributed by atoms with Gasteiger partial charge in [0, 0.05) is 10.0 Å². The van der Waals surface area contributed by atoms with Crippen LogP contribution in [0.15, 0.2) is 57.5 Å². The Labute approximate surface area is 128 Å². The molecule has 3 aromatic rings. The molecular weight excluding hydrogens is 339 g/mol. The fraction of sp³-hybridized carbons (Fsp3) is 0.0667. The van der Waals surface area contributed by atoms with E-state index < -0.39 is 0 Å². The first kappa shape index (κ1) is 13.8. The Morgan fingerprint density at radius 3 is 2.48 bits per heavy atom. The molecule has 0 aliphatic rings. The number of hydrogen-bond donors (Lipinski definition) is 0. The summed E-state index contributed by atoms with van der Waals surface area (Å²) in [5.74, 6) is 1.17. The Bertz CT molecular complexity index is 726. The molecular formula is C15H10BrFN2O2. The van der Waals surface area contributed by atoms with E-state index in [0.717, 1.165) is 4.47 Å². The van der Waals surface area contributed by atoms with E-state index in [1.165, 1.54) is 12.1 Å². The van der Waals surface area contributed by atoms with Gasteiger partial charge in [0.1, 0.15) is 11.6 Å². The fourth-order valence-corrected chi connectivity index (χ4v) is 1.97. The molecule has 4 nitrogen and oxygen atoms in total. The summed E-state index contributed by atoms with van der Waals surface area (Å²) in [4.78, 5) is 4.21. The van der Waals surface area contributed by atoms with E-state index in [9.17, 15) is 4.39 Å². The molecule has 2 aromatic carbocycles. The van der Waals surface area contributed by atoms with Crippen molar-refractivity contribution < 1.29 is 13.7 Å². The Morgan fingerprint density at radius 1 is 1.05 bits per heavy atom. The minimum atomic E-state index is -0.305. The van der Waals surface area contributed by atoms with Crippen molar-refractivity contribution >= 4 is 15.9 Å². The summed E-state index contributed by atoms with van der Waals surface area (Å²) in [5.41, 5.74) is 0.690. The minimum absolute atomic E-state index is 0.176. The first-order chi connectivity index (χ1) is 10.2. The second-order valence-electron chi connectivity index (χ2n) is 4.26. The molecule has 21 heavy (non-hydrogen) atoms. The molecule has 0 bridgehead atoms. The zero-order valence-corrected chi connectivity index (χ0v) is 12.4. The van der Waals surface area contributed by atoms with Gasteiger partial charge in [-0.1, -0.05) is 21.1 Å². The van der Waals surface area contributed by atoms with Crippen molar-refractivity contribution in [2.24, 2.45) is 0 Å². The highest BCUT2D eigenvalue weighted by Gasteiger charge is 2.09. The summed E-state index contributed by atoms with van der Waals surface area (Å²) in [7, 11) is 0. The van der Waals surface area contributed by atoms with Crippen molar-refractivity contribution in [3.05, 3.63) is 64.7 Å². The number of benzene rings is 2. The number of halogens is 2. The molecule has 0 N–H and O–H groups in total. The van der Waals surface area contributed by atoms with Crippen molar-refractivity contribution in [3.8, 4) is 17.1 Å². The monoisotopic (exact) mass is 348 g/mol. The minimum Gasteiger partial charge on any atom is -0.484 e. The van der Waals surface area contributed by atoms with Crippen LogP contribution in [0.25, 0.3) is 11.4 Å². The molecule has 1 heterocycles. The highest BCUT2D eigenvalue weighted by molar-refractivity contribution is 9.10. The highest BCUT2D eigenvalue weighted by Crippen LogP contribution is 2.19. The van der Waals surface area contributed by atoms with Crippen LogP contribution in [-0.4, -0.2) is 10.1 Å². The number of hydrogen-bond acceptors (Lipinski definition) is 4.